The second-order valence-corrected chi connectivity index (χ2v) is 6.36. The predicted octanol–water partition coefficient (Wildman–Crippen LogP) is 5.15. The van der Waals surface area contributed by atoms with Gasteiger partial charge in [-0.05, 0) is 42.8 Å². The number of hydrogen-bond donors (Lipinski definition) is 1. The van der Waals surface area contributed by atoms with Crippen LogP contribution in [0.25, 0.3) is 0 Å². The lowest BCUT2D eigenvalue weighted by molar-refractivity contribution is -0.119. The van der Waals surface area contributed by atoms with Crippen molar-refractivity contribution in [1.82, 2.24) is 0 Å². The Hall–Kier alpha value is -1.20. The van der Waals surface area contributed by atoms with Crippen molar-refractivity contribution < 1.29 is 13.9 Å². The van der Waals surface area contributed by atoms with E-state index in [-0.39, 0.29) is 22.5 Å². The number of nitrogens with one attached hydrogen (secondary N) is 1. The second-order valence-electron chi connectivity index (χ2n) is 5.50. The van der Waals surface area contributed by atoms with Gasteiger partial charge in [0.25, 0.3) is 0 Å². The summed E-state index contributed by atoms with van der Waals surface area (Å²) in [6.07, 6.45) is 2.81. The van der Waals surface area contributed by atoms with E-state index < -0.39 is 5.82 Å². The number of halogens is 2. The molecule has 128 valence electrons. The Morgan fingerprint density at radius 3 is 2.70 bits per heavy atom. The molecule has 3 nitrogen and oxygen atoms in total. The van der Waals surface area contributed by atoms with Crippen molar-refractivity contribution in [2.75, 3.05) is 11.9 Å². The largest absolute Gasteiger partial charge is 0.487 e. The minimum absolute atomic E-state index is 0.121. The number of rotatable bonds is 8. The highest BCUT2D eigenvalue weighted by atomic mass is 35.5. The molecule has 1 N–H and O–H groups in total. The van der Waals surface area contributed by atoms with Gasteiger partial charge in [0, 0.05) is 17.4 Å². The zero-order valence-electron chi connectivity index (χ0n) is 13.7. The second kappa shape index (κ2) is 9.83. The number of anilines is 1. The third-order valence-corrected chi connectivity index (χ3v) is 3.98. The van der Waals surface area contributed by atoms with Crippen molar-refractivity contribution in [3.05, 3.63) is 28.5 Å². The van der Waals surface area contributed by atoms with Gasteiger partial charge in [-0.1, -0.05) is 38.8 Å². The lowest BCUT2D eigenvalue weighted by Crippen LogP contribution is -2.21. The van der Waals surface area contributed by atoms with E-state index in [2.05, 4.69) is 5.32 Å². The lowest BCUT2D eigenvalue weighted by Gasteiger charge is -2.14. The van der Waals surface area contributed by atoms with E-state index in [1.807, 2.05) is 20.8 Å². The number of amides is 1. The molecular weight excluding hydrogens is 337 g/mol. The number of carbonyl (C=O) groups is 1. The van der Waals surface area contributed by atoms with Crippen LogP contribution in [0.3, 0.4) is 0 Å². The molecule has 0 bridgehead atoms. The summed E-state index contributed by atoms with van der Waals surface area (Å²) in [4.78, 5) is 12.1. The molecule has 0 aliphatic heterocycles. The van der Waals surface area contributed by atoms with Crippen LogP contribution in [-0.2, 0) is 16.0 Å². The standard InChI is InChI=1S/C17H23ClFNO2S/c1-4-6-11(3)17(21)20-15-8-12(13(18)10-14(15)19)9-16(23)22-7-5-2/h8,10-11H,4-7,9H2,1-3H3,(H,20,21). The molecule has 0 saturated carbocycles. The van der Waals surface area contributed by atoms with Crippen LogP contribution >= 0.6 is 23.8 Å². The summed E-state index contributed by atoms with van der Waals surface area (Å²) in [5.74, 6) is -0.937. The highest BCUT2D eigenvalue weighted by molar-refractivity contribution is 7.80. The molecule has 1 unspecified atom stereocenters. The average Bonchev–Trinajstić information content (AvgIpc) is 2.50. The summed E-state index contributed by atoms with van der Waals surface area (Å²) in [5.41, 5.74) is 0.753. The molecule has 1 rings (SSSR count). The van der Waals surface area contributed by atoms with Gasteiger partial charge in [0.15, 0.2) is 5.05 Å². The van der Waals surface area contributed by atoms with Crippen LogP contribution in [-0.4, -0.2) is 17.6 Å². The van der Waals surface area contributed by atoms with Crippen molar-refractivity contribution in [2.45, 2.75) is 46.5 Å². The summed E-state index contributed by atoms with van der Waals surface area (Å²) in [7, 11) is 0. The fraction of sp³-hybridized carbons (Fsp3) is 0.529. The van der Waals surface area contributed by atoms with Gasteiger partial charge in [-0.15, -0.1) is 0 Å². The molecule has 1 aromatic rings. The van der Waals surface area contributed by atoms with Crippen LogP contribution in [0, 0.1) is 11.7 Å². The van der Waals surface area contributed by atoms with Crippen LogP contribution in [0.2, 0.25) is 5.02 Å². The summed E-state index contributed by atoms with van der Waals surface area (Å²) in [6.45, 7) is 6.34. The quantitative estimate of drug-likeness (QED) is 0.652. The monoisotopic (exact) mass is 359 g/mol. The molecule has 0 aromatic heterocycles. The van der Waals surface area contributed by atoms with Gasteiger partial charge >= 0.3 is 0 Å². The maximum absolute atomic E-state index is 14.0. The maximum atomic E-state index is 14.0. The summed E-state index contributed by atoms with van der Waals surface area (Å²) >= 11 is 11.2. The Kier molecular flexibility index (Phi) is 8.48. The zero-order chi connectivity index (χ0) is 17.4. The number of benzene rings is 1. The van der Waals surface area contributed by atoms with E-state index in [0.717, 1.165) is 19.3 Å². The first kappa shape index (κ1) is 19.8. The number of hydrogen-bond acceptors (Lipinski definition) is 3. The smallest absolute Gasteiger partial charge is 0.227 e. The minimum Gasteiger partial charge on any atom is -0.487 e. The number of ether oxygens (including phenoxy) is 1. The Balaban J connectivity index is 2.87. The van der Waals surface area contributed by atoms with Gasteiger partial charge in [0.05, 0.1) is 12.3 Å². The Morgan fingerprint density at radius 1 is 1.39 bits per heavy atom. The summed E-state index contributed by atoms with van der Waals surface area (Å²) in [6, 6.07) is 2.72. The van der Waals surface area contributed by atoms with Crippen LogP contribution in [0.4, 0.5) is 10.1 Å². The van der Waals surface area contributed by atoms with Gasteiger partial charge in [-0.3, -0.25) is 4.79 Å². The van der Waals surface area contributed by atoms with Crippen molar-refractivity contribution >= 4 is 40.5 Å². The normalized spacial score (nSPS) is 11.9. The van der Waals surface area contributed by atoms with E-state index in [4.69, 9.17) is 28.6 Å². The molecule has 0 fully saturated rings. The Labute approximate surface area is 147 Å². The van der Waals surface area contributed by atoms with Gasteiger partial charge in [-0.25, -0.2) is 4.39 Å². The van der Waals surface area contributed by atoms with Gasteiger partial charge in [0.1, 0.15) is 5.82 Å². The van der Waals surface area contributed by atoms with Gasteiger partial charge < -0.3 is 10.1 Å². The highest BCUT2D eigenvalue weighted by Crippen LogP contribution is 2.26. The molecular formula is C17H23ClFNO2S. The maximum Gasteiger partial charge on any atom is 0.227 e. The number of thiocarbonyl (C=S) groups is 1. The van der Waals surface area contributed by atoms with Crippen molar-refractivity contribution in [1.29, 1.82) is 0 Å². The molecule has 6 heteroatoms. The molecule has 1 aromatic carbocycles. The fourth-order valence-corrected chi connectivity index (χ4v) is 2.52. The van der Waals surface area contributed by atoms with E-state index in [1.54, 1.807) is 0 Å². The fourth-order valence-electron chi connectivity index (χ4n) is 2.07. The van der Waals surface area contributed by atoms with E-state index in [0.29, 0.717) is 23.6 Å². The molecule has 1 amide bonds. The van der Waals surface area contributed by atoms with Gasteiger partial charge in [0.2, 0.25) is 5.91 Å². The molecule has 23 heavy (non-hydrogen) atoms. The van der Waals surface area contributed by atoms with E-state index in [1.165, 1.54) is 12.1 Å². The van der Waals surface area contributed by atoms with Crippen LogP contribution in [0.1, 0.15) is 45.6 Å². The van der Waals surface area contributed by atoms with Crippen molar-refractivity contribution in [2.24, 2.45) is 5.92 Å². The summed E-state index contributed by atoms with van der Waals surface area (Å²) in [5, 5.41) is 3.29. The van der Waals surface area contributed by atoms with E-state index >= 15 is 0 Å². The molecule has 0 saturated heterocycles. The van der Waals surface area contributed by atoms with Crippen LogP contribution in [0.5, 0.6) is 0 Å². The minimum atomic E-state index is -0.559. The molecule has 0 aliphatic carbocycles. The first-order chi connectivity index (χ1) is 10.9. The molecule has 0 aliphatic rings. The van der Waals surface area contributed by atoms with Crippen molar-refractivity contribution in [3.8, 4) is 0 Å². The Bertz CT molecular complexity index is 566. The van der Waals surface area contributed by atoms with Crippen LogP contribution in [0.15, 0.2) is 12.1 Å². The van der Waals surface area contributed by atoms with Gasteiger partial charge in [-0.2, -0.15) is 0 Å². The summed E-state index contributed by atoms with van der Waals surface area (Å²) < 4.78 is 19.4. The first-order valence-electron chi connectivity index (χ1n) is 7.83. The van der Waals surface area contributed by atoms with Crippen molar-refractivity contribution in [3.63, 3.8) is 0 Å². The molecule has 0 heterocycles. The average molecular weight is 360 g/mol. The molecule has 0 radical (unpaired) electrons. The van der Waals surface area contributed by atoms with Crippen LogP contribution < -0.4 is 5.32 Å². The Morgan fingerprint density at radius 2 is 2.09 bits per heavy atom. The molecule has 1 atom stereocenters. The van der Waals surface area contributed by atoms with E-state index in [9.17, 15) is 9.18 Å². The molecule has 0 spiro atoms. The third-order valence-electron chi connectivity index (χ3n) is 3.37. The number of carbonyl (C=O) groups excluding carboxylic acids is 1. The predicted molar refractivity (Wildman–Crippen MR) is 96.7 cm³/mol. The first-order valence-corrected chi connectivity index (χ1v) is 8.62. The zero-order valence-corrected chi connectivity index (χ0v) is 15.3. The lowest BCUT2D eigenvalue weighted by atomic mass is 10.0. The topological polar surface area (TPSA) is 38.3 Å². The highest BCUT2D eigenvalue weighted by Gasteiger charge is 2.16. The third kappa shape index (κ3) is 6.43. The SMILES string of the molecule is CCCOC(=S)Cc1cc(NC(=O)C(C)CCC)c(F)cc1Cl.